The molecule has 1 saturated carbocycles. The lowest BCUT2D eigenvalue weighted by atomic mass is 9.76. The molecule has 37 heavy (non-hydrogen) atoms. The van der Waals surface area contributed by atoms with Gasteiger partial charge in [-0.05, 0) is 84.1 Å². The number of nitrogens with zero attached hydrogens (tertiary/aromatic N) is 4. The second kappa shape index (κ2) is 9.26. The molecule has 1 aliphatic carbocycles. The van der Waals surface area contributed by atoms with Crippen LogP contribution in [0.25, 0.3) is 0 Å². The fourth-order valence-corrected chi connectivity index (χ4v) is 7.35. The number of fused-ring (bicyclic) bond motifs is 2. The predicted molar refractivity (Wildman–Crippen MR) is 145 cm³/mol. The average Bonchev–Trinajstić information content (AvgIpc) is 3.41. The highest BCUT2D eigenvalue weighted by Crippen LogP contribution is 2.45. The van der Waals surface area contributed by atoms with E-state index < -0.39 is 15.3 Å². The van der Waals surface area contributed by atoms with Crippen molar-refractivity contribution in [1.82, 2.24) is 15.0 Å². The van der Waals surface area contributed by atoms with Gasteiger partial charge in [0.05, 0.1) is 11.7 Å². The van der Waals surface area contributed by atoms with Gasteiger partial charge in [-0.25, -0.2) is 9.38 Å². The fourth-order valence-electron chi connectivity index (χ4n) is 6.64. The van der Waals surface area contributed by atoms with E-state index in [1.54, 1.807) is 12.1 Å². The summed E-state index contributed by atoms with van der Waals surface area (Å²) in [6.07, 6.45) is 11.9. The Balaban J connectivity index is 1.14. The van der Waals surface area contributed by atoms with Crippen LogP contribution in [-0.4, -0.2) is 55.3 Å². The number of rotatable bonds is 5. The van der Waals surface area contributed by atoms with Crippen LogP contribution in [0.2, 0.25) is 0 Å². The molecule has 7 nitrogen and oxygen atoms in total. The summed E-state index contributed by atoms with van der Waals surface area (Å²) in [7, 11) is -2.47. The zero-order valence-corrected chi connectivity index (χ0v) is 22.6. The zero-order chi connectivity index (χ0) is 25.9. The van der Waals surface area contributed by atoms with Gasteiger partial charge in [-0.2, -0.15) is 4.98 Å². The maximum atomic E-state index is 14.8. The van der Waals surface area contributed by atoms with E-state index in [-0.39, 0.29) is 12.0 Å². The van der Waals surface area contributed by atoms with Crippen LogP contribution in [0, 0.1) is 17.7 Å². The highest BCUT2D eigenvalue weighted by molar-refractivity contribution is 7.99. The second-order valence-corrected chi connectivity index (χ2v) is 14.1. The van der Waals surface area contributed by atoms with E-state index in [1.807, 2.05) is 12.3 Å². The Labute approximate surface area is 218 Å². The van der Waals surface area contributed by atoms with Crippen molar-refractivity contribution in [3.63, 3.8) is 0 Å². The van der Waals surface area contributed by atoms with Crippen molar-refractivity contribution in [1.29, 1.82) is 0 Å². The van der Waals surface area contributed by atoms with Gasteiger partial charge in [0.15, 0.2) is 5.82 Å². The molecule has 198 valence electrons. The molecular formula is C28H36FN5O2S. The Morgan fingerprint density at radius 1 is 1.14 bits per heavy atom. The van der Waals surface area contributed by atoms with Crippen molar-refractivity contribution < 1.29 is 13.1 Å². The van der Waals surface area contributed by atoms with Gasteiger partial charge in [0.1, 0.15) is 11.7 Å². The van der Waals surface area contributed by atoms with E-state index in [9.17, 15) is 8.60 Å². The first-order chi connectivity index (χ1) is 17.7. The number of piperidine rings is 1. The molecule has 9 heteroatoms. The zero-order valence-electron chi connectivity index (χ0n) is 21.8. The standard InChI is InChI=1S/C28H36FN5O2S/c1-16-11-18(12-16)26-32-28(36-33-26)19-13-20-5-6-21(14-19)34(20)27-17(2)24(9-10-30-27)31-25-8-7-22(15-23(25)29)37(3,4)35/h7-10,15-21,24,31H,3,5-6,11-14H2,1-2,4H3. The number of halogens is 1. The summed E-state index contributed by atoms with van der Waals surface area (Å²) in [5, 5.41) is 7.67. The van der Waals surface area contributed by atoms with E-state index in [4.69, 9.17) is 14.5 Å². The fraction of sp³-hybridized carbons (Fsp3) is 0.571. The van der Waals surface area contributed by atoms with Crippen molar-refractivity contribution in [3.05, 3.63) is 48.0 Å². The first-order valence-corrected chi connectivity index (χ1v) is 15.6. The van der Waals surface area contributed by atoms with Gasteiger partial charge in [-0.3, -0.25) is 4.21 Å². The van der Waals surface area contributed by atoms with Crippen molar-refractivity contribution >= 4 is 26.9 Å². The number of amidine groups is 1. The molecule has 4 heterocycles. The minimum absolute atomic E-state index is 0.0718. The van der Waals surface area contributed by atoms with Crippen molar-refractivity contribution in [3.8, 4) is 0 Å². The number of nitrogens with one attached hydrogen (secondary N) is 1. The molecule has 4 aliphatic rings. The molecule has 0 amide bonds. The second-order valence-electron chi connectivity index (χ2n) is 11.7. The van der Waals surface area contributed by atoms with Crippen LogP contribution in [0.5, 0.6) is 0 Å². The summed E-state index contributed by atoms with van der Waals surface area (Å²) in [5.41, 5.74) is 0.393. The van der Waals surface area contributed by atoms with Gasteiger partial charge < -0.3 is 14.7 Å². The van der Waals surface area contributed by atoms with Gasteiger partial charge in [-0.1, -0.05) is 19.0 Å². The van der Waals surface area contributed by atoms with Crippen molar-refractivity contribution in [2.45, 2.75) is 87.2 Å². The molecule has 2 saturated heterocycles. The third-order valence-corrected chi connectivity index (χ3v) is 10.0. The maximum absolute atomic E-state index is 14.8. The molecule has 3 aliphatic heterocycles. The number of hydrogen-bond acceptors (Lipinski definition) is 7. The van der Waals surface area contributed by atoms with Crippen molar-refractivity contribution in [2.75, 3.05) is 11.6 Å². The number of aromatic nitrogens is 2. The molecule has 1 N–H and O–H groups in total. The van der Waals surface area contributed by atoms with E-state index in [1.165, 1.54) is 12.3 Å². The number of benzene rings is 1. The molecule has 0 radical (unpaired) electrons. The first kappa shape index (κ1) is 24.6. The Morgan fingerprint density at radius 2 is 1.86 bits per heavy atom. The smallest absolute Gasteiger partial charge is 0.229 e. The summed E-state index contributed by atoms with van der Waals surface area (Å²) < 4.78 is 32.8. The van der Waals surface area contributed by atoms with Crippen LogP contribution in [-0.2, 0) is 9.52 Å². The van der Waals surface area contributed by atoms with Crippen LogP contribution >= 0.6 is 0 Å². The third-order valence-electron chi connectivity index (χ3n) is 8.75. The molecule has 5 atom stereocenters. The van der Waals surface area contributed by atoms with Gasteiger partial charge in [0.25, 0.3) is 0 Å². The summed E-state index contributed by atoms with van der Waals surface area (Å²) in [6.45, 7) is 4.42. The highest BCUT2D eigenvalue weighted by atomic mass is 32.2. The van der Waals surface area contributed by atoms with Gasteiger partial charge in [0.2, 0.25) is 5.89 Å². The monoisotopic (exact) mass is 525 g/mol. The summed E-state index contributed by atoms with van der Waals surface area (Å²) >= 11 is 0. The molecule has 6 rings (SSSR count). The Morgan fingerprint density at radius 3 is 2.51 bits per heavy atom. The number of aliphatic imine (C=N–C) groups is 1. The SMILES string of the molecule is C=S(C)(=O)c1ccc(NC2C=CN=C(N3C4CCC3CC(c3nc(C5CC(C)C5)no3)C4)C2C)c(F)c1. The Hall–Kier alpha value is -2.68. The first-order valence-electron chi connectivity index (χ1n) is 13.4. The molecule has 1 aromatic heterocycles. The van der Waals surface area contributed by atoms with E-state index >= 15 is 0 Å². The Bertz CT molecular complexity index is 1330. The summed E-state index contributed by atoms with van der Waals surface area (Å²) in [5.74, 6) is 7.59. The van der Waals surface area contributed by atoms with E-state index in [0.717, 1.165) is 62.0 Å². The molecule has 0 spiro atoms. The average molecular weight is 526 g/mol. The quantitative estimate of drug-likeness (QED) is 0.542. The normalized spacial score (nSPS) is 34.5. The maximum Gasteiger partial charge on any atom is 0.229 e. The van der Waals surface area contributed by atoms with Crippen LogP contribution in [0.4, 0.5) is 10.1 Å². The van der Waals surface area contributed by atoms with Gasteiger partial charge in [0, 0.05) is 47.2 Å². The summed E-state index contributed by atoms with van der Waals surface area (Å²) in [6, 6.07) is 5.35. The lowest BCUT2D eigenvalue weighted by molar-refractivity contribution is 0.184. The van der Waals surface area contributed by atoms with Crippen molar-refractivity contribution in [2.24, 2.45) is 16.8 Å². The molecule has 2 aromatic rings. The van der Waals surface area contributed by atoms with Gasteiger partial charge >= 0.3 is 0 Å². The number of anilines is 1. The minimum Gasteiger partial charge on any atom is -0.376 e. The molecule has 5 unspecified atom stereocenters. The van der Waals surface area contributed by atoms with Crippen LogP contribution in [0.1, 0.15) is 75.9 Å². The third kappa shape index (κ3) is 4.60. The summed E-state index contributed by atoms with van der Waals surface area (Å²) in [4.78, 5) is 12.6. The molecular weight excluding hydrogens is 489 g/mol. The van der Waals surface area contributed by atoms with E-state index in [2.05, 4.69) is 35.1 Å². The lowest BCUT2D eigenvalue weighted by Crippen LogP contribution is -2.51. The molecule has 1 aromatic carbocycles. The Kier molecular flexibility index (Phi) is 6.17. The largest absolute Gasteiger partial charge is 0.376 e. The van der Waals surface area contributed by atoms with Crippen LogP contribution in [0.15, 0.2) is 44.9 Å². The predicted octanol–water partition coefficient (Wildman–Crippen LogP) is 5.18. The van der Waals surface area contributed by atoms with E-state index in [0.29, 0.717) is 34.5 Å². The van der Waals surface area contributed by atoms with Crippen LogP contribution in [0.3, 0.4) is 0 Å². The van der Waals surface area contributed by atoms with Crippen LogP contribution < -0.4 is 5.32 Å². The topological polar surface area (TPSA) is 83.6 Å². The molecule has 2 bridgehead atoms. The lowest BCUT2D eigenvalue weighted by Gasteiger charge is -2.43. The molecule has 3 fully saturated rings. The minimum atomic E-state index is -2.47. The highest BCUT2D eigenvalue weighted by Gasteiger charge is 2.46. The number of hydrogen-bond donors (Lipinski definition) is 1. The van der Waals surface area contributed by atoms with Gasteiger partial charge in [-0.15, -0.1) is 0 Å².